The van der Waals surface area contributed by atoms with E-state index >= 15 is 0 Å². The molecule has 4 rings (SSSR count). The minimum Gasteiger partial charge on any atom is -0.325 e. The predicted octanol–water partition coefficient (Wildman–Crippen LogP) is 4.81. The molecule has 0 fully saturated rings. The highest BCUT2D eigenvalue weighted by molar-refractivity contribution is 8.00. The molecule has 10 nitrogen and oxygen atoms in total. The van der Waals surface area contributed by atoms with Gasteiger partial charge in [0.05, 0.1) is 11.5 Å². The van der Waals surface area contributed by atoms with Crippen LogP contribution in [0, 0.1) is 0 Å². The van der Waals surface area contributed by atoms with Crippen LogP contribution in [0.1, 0.15) is 49.2 Å². The van der Waals surface area contributed by atoms with Gasteiger partial charge in [0.25, 0.3) is 11.1 Å². The summed E-state index contributed by atoms with van der Waals surface area (Å²) in [7, 11) is 0. The van der Waals surface area contributed by atoms with Crippen molar-refractivity contribution in [3.8, 4) is 0 Å². The summed E-state index contributed by atoms with van der Waals surface area (Å²) in [6, 6.07) is 18.2. The third-order valence-corrected chi connectivity index (χ3v) is 7.87. The fourth-order valence-electron chi connectivity index (χ4n) is 4.18. The molecule has 0 aliphatic heterocycles. The van der Waals surface area contributed by atoms with Gasteiger partial charge in [-0.25, -0.2) is 9.97 Å². The third kappa shape index (κ3) is 10.6. The average molecular weight is 619 g/mol. The molecule has 12 heteroatoms. The van der Waals surface area contributed by atoms with Crippen LogP contribution >= 0.6 is 23.5 Å². The Bertz CT molecular complexity index is 1530. The SMILES string of the molecule is CCCc1cc(=O)[nH]c(SCC(=O)Nc2ccc(Cc3ccc(NC(=O)CSc4nc(CCC)cc(=O)[nH]4)cc3)cc2)n1. The highest BCUT2D eigenvalue weighted by Gasteiger charge is 2.09. The van der Waals surface area contributed by atoms with E-state index in [1.807, 2.05) is 62.4 Å². The van der Waals surface area contributed by atoms with Crippen LogP contribution < -0.4 is 21.8 Å². The van der Waals surface area contributed by atoms with E-state index in [0.29, 0.717) is 41.0 Å². The van der Waals surface area contributed by atoms with Gasteiger partial charge in [-0.3, -0.25) is 19.2 Å². The number of hydrogen-bond acceptors (Lipinski definition) is 8. The van der Waals surface area contributed by atoms with E-state index in [1.165, 1.54) is 35.7 Å². The van der Waals surface area contributed by atoms with E-state index in [0.717, 1.165) is 35.4 Å². The Balaban J connectivity index is 1.22. The number of nitrogens with zero attached hydrogens (tertiary/aromatic N) is 2. The number of H-pyrrole nitrogens is 2. The normalized spacial score (nSPS) is 10.8. The van der Waals surface area contributed by atoms with Crippen LogP contribution in [0.4, 0.5) is 11.4 Å². The lowest BCUT2D eigenvalue weighted by Crippen LogP contribution is -2.16. The van der Waals surface area contributed by atoms with Gasteiger partial charge in [0, 0.05) is 34.9 Å². The molecule has 2 amide bonds. The molecule has 224 valence electrons. The smallest absolute Gasteiger partial charge is 0.251 e. The number of aromatic nitrogens is 4. The maximum atomic E-state index is 12.4. The van der Waals surface area contributed by atoms with Crippen molar-refractivity contribution in [2.45, 2.75) is 56.3 Å². The van der Waals surface area contributed by atoms with Gasteiger partial charge in [-0.05, 0) is 54.7 Å². The van der Waals surface area contributed by atoms with Gasteiger partial charge in [0.15, 0.2) is 10.3 Å². The number of aryl methyl sites for hydroxylation is 2. The fourth-order valence-corrected chi connectivity index (χ4v) is 5.57. The summed E-state index contributed by atoms with van der Waals surface area (Å²) in [5, 5.41) is 6.62. The predicted molar refractivity (Wildman–Crippen MR) is 172 cm³/mol. The molecule has 0 radical (unpaired) electrons. The fraction of sp³-hybridized carbons (Fsp3) is 0.290. The van der Waals surface area contributed by atoms with Crippen molar-refractivity contribution in [2.24, 2.45) is 0 Å². The van der Waals surface area contributed by atoms with E-state index in [1.54, 1.807) is 0 Å². The molecule has 0 unspecified atom stereocenters. The molecule has 2 heterocycles. The lowest BCUT2D eigenvalue weighted by atomic mass is 10.0. The van der Waals surface area contributed by atoms with E-state index in [4.69, 9.17) is 0 Å². The molecular formula is C31H34N6O4S2. The summed E-state index contributed by atoms with van der Waals surface area (Å²) in [6.07, 6.45) is 3.90. The summed E-state index contributed by atoms with van der Waals surface area (Å²) < 4.78 is 0. The minimum atomic E-state index is -0.215. The first-order valence-electron chi connectivity index (χ1n) is 14.0. The lowest BCUT2D eigenvalue weighted by molar-refractivity contribution is -0.114. The number of aromatic amines is 2. The van der Waals surface area contributed by atoms with Crippen molar-refractivity contribution in [2.75, 3.05) is 22.1 Å². The molecule has 0 atom stereocenters. The Kier molecular flexibility index (Phi) is 11.7. The number of carbonyl (C=O) groups is 2. The van der Waals surface area contributed by atoms with E-state index in [9.17, 15) is 19.2 Å². The molecule has 4 aromatic rings. The van der Waals surface area contributed by atoms with Gasteiger partial charge >= 0.3 is 0 Å². The van der Waals surface area contributed by atoms with Crippen LogP contribution in [0.15, 0.2) is 80.6 Å². The number of thioether (sulfide) groups is 2. The van der Waals surface area contributed by atoms with E-state index in [-0.39, 0.29) is 34.4 Å². The minimum absolute atomic E-state index is 0.129. The number of anilines is 2. The number of carbonyl (C=O) groups excluding carboxylic acids is 2. The van der Waals surface area contributed by atoms with Gasteiger partial charge in [0.2, 0.25) is 11.8 Å². The van der Waals surface area contributed by atoms with E-state index < -0.39 is 0 Å². The first kappa shape index (κ1) is 31.8. The van der Waals surface area contributed by atoms with Crippen LogP contribution in [0.2, 0.25) is 0 Å². The molecular weight excluding hydrogens is 585 g/mol. The van der Waals surface area contributed by atoms with E-state index in [2.05, 4.69) is 30.6 Å². The summed E-state index contributed by atoms with van der Waals surface area (Å²) in [4.78, 5) is 62.6. The molecule has 0 aliphatic carbocycles. The first-order valence-corrected chi connectivity index (χ1v) is 16.0. The van der Waals surface area contributed by atoms with Crippen molar-refractivity contribution < 1.29 is 9.59 Å². The molecule has 0 aliphatic rings. The summed E-state index contributed by atoms with van der Waals surface area (Å²) >= 11 is 2.39. The van der Waals surface area contributed by atoms with Crippen LogP contribution in [0.5, 0.6) is 0 Å². The molecule has 0 bridgehead atoms. The average Bonchev–Trinajstić information content (AvgIpc) is 2.97. The number of nitrogens with one attached hydrogen (secondary N) is 4. The van der Waals surface area contributed by atoms with Crippen LogP contribution in [0.25, 0.3) is 0 Å². The summed E-state index contributed by atoms with van der Waals surface area (Å²) in [6.45, 7) is 4.04. The van der Waals surface area contributed by atoms with Gasteiger partial charge in [0.1, 0.15) is 0 Å². The quantitative estimate of drug-likeness (QED) is 0.116. The first-order chi connectivity index (χ1) is 20.8. The Hall–Kier alpha value is -4.16. The lowest BCUT2D eigenvalue weighted by Gasteiger charge is -2.09. The highest BCUT2D eigenvalue weighted by Crippen LogP contribution is 2.18. The summed E-state index contributed by atoms with van der Waals surface area (Å²) in [5.41, 5.74) is 4.52. The molecule has 0 spiro atoms. The second-order valence-electron chi connectivity index (χ2n) is 9.83. The Morgan fingerprint density at radius 3 is 1.44 bits per heavy atom. The van der Waals surface area contributed by atoms with Crippen LogP contribution in [0.3, 0.4) is 0 Å². The number of amides is 2. The second kappa shape index (κ2) is 15.9. The molecule has 0 saturated heterocycles. The largest absolute Gasteiger partial charge is 0.325 e. The van der Waals surface area contributed by atoms with Crippen molar-refractivity contribution in [3.05, 3.63) is 104 Å². The van der Waals surface area contributed by atoms with Crippen molar-refractivity contribution in [3.63, 3.8) is 0 Å². The Morgan fingerprint density at radius 2 is 1.07 bits per heavy atom. The standard InChI is InChI=1S/C31H34N6O4S2/c1-3-5-24-16-26(38)36-30(34-24)42-18-28(40)32-22-11-7-20(8-12-22)15-21-9-13-23(14-10-21)33-29(41)19-43-31-35-25(6-4-2)17-27(39)37-31/h7-14,16-17H,3-6,15,18-19H2,1-2H3,(H,32,40)(H,33,41)(H,34,36,38)(H,35,37,39). The Labute approximate surface area is 257 Å². The monoisotopic (exact) mass is 618 g/mol. The number of rotatable bonds is 14. The number of benzene rings is 2. The topological polar surface area (TPSA) is 150 Å². The maximum Gasteiger partial charge on any atom is 0.251 e. The van der Waals surface area contributed by atoms with Crippen molar-refractivity contribution in [1.82, 2.24) is 19.9 Å². The molecule has 43 heavy (non-hydrogen) atoms. The van der Waals surface area contributed by atoms with Gasteiger partial charge in [-0.2, -0.15) is 0 Å². The van der Waals surface area contributed by atoms with Crippen LogP contribution in [-0.2, 0) is 28.9 Å². The van der Waals surface area contributed by atoms with Gasteiger partial charge in [-0.1, -0.05) is 74.5 Å². The second-order valence-corrected chi connectivity index (χ2v) is 11.8. The maximum absolute atomic E-state index is 12.4. The third-order valence-electron chi connectivity index (χ3n) is 6.12. The summed E-state index contributed by atoms with van der Waals surface area (Å²) in [5.74, 6) is -0.117. The van der Waals surface area contributed by atoms with Crippen LogP contribution in [-0.4, -0.2) is 43.3 Å². The molecule has 2 aromatic carbocycles. The zero-order chi connectivity index (χ0) is 30.6. The van der Waals surface area contributed by atoms with Crippen molar-refractivity contribution in [1.29, 1.82) is 0 Å². The zero-order valence-electron chi connectivity index (χ0n) is 24.1. The molecule has 4 N–H and O–H groups in total. The molecule has 2 aromatic heterocycles. The highest BCUT2D eigenvalue weighted by atomic mass is 32.2. The van der Waals surface area contributed by atoms with Crippen molar-refractivity contribution >= 4 is 46.7 Å². The molecule has 0 saturated carbocycles. The van der Waals surface area contributed by atoms with Gasteiger partial charge < -0.3 is 20.6 Å². The van der Waals surface area contributed by atoms with Gasteiger partial charge in [-0.15, -0.1) is 0 Å². The number of hydrogen-bond donors (Lipinski definition) is 4. The Morgan fingerprint density at radius 1 is 0.674 bits per heavy atom. The zero-order valence-corrected chi connectivity index (χ0v) is 25.7.